The Morgan fingerprint density at radius 2 is 2.00 bits per heavy atom. The number of nitrogens with two attached hydrogens (primary N) is 1. The van der Waals surface area contributed by atoms with Crippen molar-refractivity contribution in [2.45, 2.75) is 46.1 Å². The van der Waals surface area contributed by atoms with Gasteiger partial charge < -0.3 is 11.1 Å². The molecule has 0 aliphatic rings. The molecule has 2 heteroatoms. The summed E-state index contributed by atoms with van der Waals surface area (Å²) >= 11 is 0. The molecule has 3 N–H and O–H groups in total. The summed E-state index contributed by atoms with van der Waals surface area (Å²) in [6.45, 7) is 6.45. The first-order valence-corrected chi connectivity index (χ1v) is 4.86. The van der Waals surface area contributed by atoms with E-state index in [-0.39, 0.29) is 0 Å². The van der Waals surface area contributed by atoms with Crippen LogP contribution in [-0.2, 0) is 0 Å². The molecule has 0 bridgehead atoms. The van der Waals surface area contributed by atoms with Gasteiger partial charge in [0.05, 0.1) is 0 Å². The quantitative estimate of drug-likeness (QED) is 0.591. The molecule has 0 aromatic heterocycles. The van der Waals surface area contributed by atoms with Gasteiger partial charge >= 0.3 is 0 Å². The van der Waals surface area contributed by atoms with Gasteiger partial charge in [-0.3, -0.25) is 0 Å². The third kappa shape index (κ3) is 4.50. The molecule has 2 nitrogen and oxygen atoms in total. The van der Waals surface area contributed by atoms with Gasteiger partial charge in [-0.2, -0.15) is 0 Å². The number of rotatable bonds is 6. The highest BCUT2D eigenvalue weighted by Crippen LogP contribution is 2.19. The van der Waals surface area contributed by atoms with E-state index < -0.39 is 0 Å². The highest BCUT2D eigenvalue weighted by molar-refractivity contribution is 5.53. The molecule has 0 amide bonds. The second kappa shape index (κ2) is 6.18. The van der Waals surface area contributed by atoms with Crippen LogP contribution in [0.1, 0.15) is 40.0 Å². The molecule has 72 valence electrons. The zero-order valence-electron chi connectivity index (χ0n) is 8.51. The zero-order valence-corrected chi connectivity index (χ0v) is 8.51. The maximum absolute atomic E-state index is 6.99. The largest absolute Gasteiger partial charge is 0.328 e. The van der Waals surface area contributed by atoms with E-state index in [1.54, 1.807) is 0 Å². The Morgan fingerprint density at radius 1 is 1.42 bits per heavy atom. The molecule has 0 aromatic rings. The molecule has 12 heavy (non-hydrogen) atoms. The monoisotopic (exact) mass is 170 g/mol. The maximum atomic E-state index is 6.99. The second-order valence-corrected chi connectivity index (χ2v) is 3.81. The smallest absolute Gasteiger partial charge is 0.00387 e. The Hall–Kier alpha value is -0.370. The fourth-order valence-corrected chi connectivity index (χ4v) is 1.57. The lowest BCUT2D eigenvalue weighted by Gasteiger charge is -2.21. The van der Waals surface area contributed by atoms with Crippen molar-refractivity contribution in [3.63, 3.8) is 0 Å². The van der Waals surface area contributed by atoms with Crippen LogP contribution in [0.3, 0.4) is 0 Å². The van der Waals surface area contributed by atoms with Crippen molar-refractivity contribution in [2.24, 2.45) is 17.6 Å². The van der Waals surface area contributed by atoms with Gasteiger partial charge in [-0.1, -0.05) is 20.3 Å². The van der Waals surface area contributed by atoms with Crippen LogP contribution in [0.15, 0.2) is 0 Å². The molecule has 0 rings (SSSR count). The van der Waals surface area contributed by atoms with Crippen molar-refractivity contribution < 1.29 is 0 Å². The van der Waals surface area contributed by atoms with Crippen molar-refractivity contribution >= 4 is 6.21 Å². The van der Waals surface area contributed by atoms with Crippen molar-refractivity contribution in [3.8, 4) is 0 Å². The van der Waals surface area contributed by atoms with E-state index in [0.29, 0.717) is 17.9 Å². The molecule has 3 atom stereocenters. The number of hydrogen-bond donors (Lipinski definition) is 2. The molecule has 0 radical (unpaired) electrons. The molecular weight excluding hydrogens is 148 g/mol. The lowest BCUT2D eigenvalue weighted by atomic mass is 9.87. The summed E-state index contributed by atoms with van der Waals surface area (Å²) in [6, 6.07) is 0.295. The Balaban J connectivity index is 3.76. The van der Waals surface area contributed by atoms with Crippen LogP contribution < -0.4 is 5.73 Å². The average Bonchev–Trinajstić information content (AvgIpc) is 2.00. The summed E-state index contributed by atoms with van der Waals surface area (Å²) in [7, 11) is 0. The molecular formula is C10H22N2. The molecule has 1 unspecified atom stereocenters. The van der Waals surface area contributed by atoms with Crippen molar-refractivity contribution in [3.05, 3.63) is 0 Å². The van der Waals surface area contributed by atoms with Gasteiger partial charge in [-0.15, -0.1) is 0 Å². The first kappa shape index (κ1) is 11.6. The Bertz CT molecular complexity index is 121. The first-order valence-electron chi connectivity index (χ1n) is 4.86. The van der Waals surface area contributed by atoms with Crippen molar-refractivity contribution in [1.29, 1.82) is 5.41 Å². The number of nitrogens with one attached hydrogen (secondary N) is 1. The van der Waals surface area contributed by atoms with E-state index in [4.69, 9.17) is 11.1 Å². The lowest BCUT2D eigenvalue weighted by molar-refractivity contribution is 0.342. The van der Waals surface area contributed by atoms with E-state index >= 15 is 0 Å². The summed E-state index contributed by atoms with van der Waals surface area (Å²) in [6.07, 6.45) is 4.70. The minimum absolute atomic E-state index is 0.295. The highest BCUT2D eigenvalue weighted by atomic mass is 14.6. The predicted octanol–water partition coefficient (Wildman–Crippen LogP) is 2.43. The van der Waals surface area contributed by atoms with Gasteiger partial charge in [0.25, 0.3) is 0 Å². The standard InChI is InChI=1S/C10H22N2/c1-4-10(9(3)12)7-8(2)5-6-11/h6,8-11H,4-5,7,12H2,1-3H3/t8-,9?,10+/m1/s1. The Labute approximate surface area is 76.0 Å². The number of hydrogen-bond acceptors (Lipinski definition) is 2. The van der Waals surface area contributed by atoms with Crippen LogP contribution in [0.5, 0.6) is 0 Å². The first-order chi connectivity index (χ1) is 5.61. The zero-order chi connectivity index (χ0) is 9.56. The van der Waals surface area contributed by atoms with E-state index in [0.717, 1.165) is 19.3 Å². The summed E-state index contributed by atoms with van der Waals surface area (Å²) in [5.41, 5.74) is 5.83. The van der Waals surface area contributed by atoms with Gasteiger partial charge in [0.15, 0.2) is 0 Å². The Kier molecular flexibility index (Phi) is 5.99. The van der Waals surface area contributed by atoms with E-state index in [1.165, 1.54) is 6.21 Å². The lowest BCUT2D eigenvalue weighted by Crippen LogP contribution is -2.27. The normalized spacial score (nSPS) is 18.3. The predicted molar refractivity (Wildman–Crippen MR) is 54.6 cm³/mol. The third-order valence-corrected chi connectivity index (χ3v) is 2.49. The van der Waals surface area contributed by atoms with Crippen molar-refractivity contribution in [2.75, 3.05) is 0 Å². The molecule has 0 spiro atoms. The van der Waals surface area contributed by atoms with E-state index in [2.05, 4.69) is 20.8 Å². The van der Waals surface area contributed by atoms with Crippen LogP contribution in [0.25, 0.3) is 0 Å². The molecule has 0 aliphatic heterocycles. The van der Waals surface area contributed by atoms with Gasteiger partial charge in [0.2, 0.25) is 0 Å². The maximum Gasteiger partial charge on any atom is 0.00387 e. The van der Waals surface area contributed by atoms with E-state index in [9.17, 15) is 0 Å². The van der Waals surface area contributed by atoms with Crippen LogP contribution in [0.4, 0.5) is 0 Å². The van der Waals surface area contributed by atoms with Crippen LogP contribution >= 0.6 is 0 Å². The van der Waals surface area contributed by atoms with Crippen LogP contribution in [0, 0.1) is 17.2 Å². The SMILES string of the molecule is CC[C@@H](C[C@H](C)CC=N)C(C)N. The molecule has 0 aliphatic carbocycles. The highest BCUT2D eigenvalue weighted by Gasteiger charge is 2.14. The van der Waals surface area contributed by atoms with Gasteiger partial charge in [0.1, 0.15) is 0 Å². The van der Waals surface area contributed by atoms with Gasteiger partial charge in [0, 0.05) is 6.04 Å². The summed E-state index contributed by atoms with van der Waals surface area (Å²) in [5.74, 6) is 1.23. The summed E-state index contributed by atoms with van der Waals surface area (Å²) in [4.78, 5) is 0. The third-order valence-electron chi connectivity index (χ3n) is 2.49. The Morgan fingerprint density at radius 3 is 2.33 bits per heavy atom. The second-order valence-electron chi connectivity index (χ2n) is 3.81. The topological polar surface area (TPSA) is 49.9 Å². The minimum atomic E-state index is 0.295. The molecule has 0 aromatic carbocycles. The van der Waals surface area contributed by atoms with Crippen LogP contribution in [0.2, 0.25) is 0 Å². The van der Waals surface area contributed by atoms with Gasteiger partial charge in [-0.05, 0) is 37.8 Å². The van der Waals surface area contributed by atoms with Gasteiger partial charge in [-0.25, -0.2) is 0 Å². The molecule has 0 heterocycles. The summed E-state index contributed by atoms with van der Waals surface area (Å²) < 4.78 is 0. The fraction of sp³-hybridized carbons (Fsp3) is 0.900. The molecule has 0 fully saturated rings. The molecule has 0 saturated carbocycles. The van der Waals surface area contributed by atoms with Crippen LogP contribution in [-0.4, -0.2) is 12.3 Å². The molecule has 0 saturated heterocycles. The minimum Gasteiger partial charge on any atom is -0.328 e. The van der Waals surface area contributed by atoms with E-state index in [1.807, 2.05) is 0 Å². The fourth-order valence-electron chi connectivity index (χ4n) is 1.57. The average molecular weight is 170 g/mol. The van der Waals surface area contributed by atoms with Crippen molar-refractivity contribution in [1.82, 2.24) is 0 Å². The summed E-state index contributed by atoms with van der Waals surface area (Å²) in [5, 5.41) is 6.99.